The van der Waals surface area contributed by atoms with E-state index in [1.807, 2.05) is 0 Å². The van der Waals surface area contributed by atoms with Crippen molar-refractivity contribution in [2.75, 3.05) is 13.2 Å². The van der Waals surface area contributed by atoms with Gasteiger partial charge in [-0.15, -0.1) is 0 Å². The van der Waals surface area contributed by atoms with Crippen molar-refractivity contribution in [1.82, 2.24) is 0 Å². The molecule has 122 valence electrons. The van der Waals surface area contributed by atoms with Gasteiger partial charge in [0.2, 0.25) is 0 Å². The Hall–Kier alpha value is -2.29. The normalized spacial score (nSPS) is 11.1. The molecule has 0 fully saturated rings. The number of aryl methyl sites for hydroxylation is 1. The van der Waals surface area contributed by atoms with E-state index in [1.54, 1.807) is 24.3 Å². The van der Waals surface area contributed by atoms with Crippen molar-refractivity contribution in [3.8, 4) is 11.5 Å². The maximum atomic E-state index is 10.6. The van der Waals surface area contributed by atoms with Crippen LogP contribution in [0.15, 0.2) is 42.5 Å². The number of hydrogen-bond acceptors (Lipinski definition) is 3. The average molecular weight is 312 g/mol. The second-order valence-corrected chi connectivity index (χ2v) is 6.59. The summed E-state index contributed by atoms with van der Waals surface area (Å²) in [5.74, 6) is 1.68. The Morgan fingerprint density at radius 1 is 0.957 bits per heavy atom. The number of benzene rings is 2. The van der Waals surface area contributed by atoms with Crippen molar-refractivity contribution in [2.24, 2.45) is 0 Å². The molecule has 0 aliphatic carbocycles. The molecule has 23 heavy (non-hydrogen) atoms. The lowest BCUT2D eigenvalue weighted by molar-refractivity contribution is 0.112. The topological polar surface area (TPSA) is 35.5 Å². The smallest absolute Gasteiger partial charge is 0.150 e. The molecule has 2 rings (SSSR count). The summed E-state index contributed by atoms with van der Waals surface area (Å²) < 4.78 is 11.6. The minimum atomic E-state index is 0.0346. The van der Waals surface area contributed by atoms with Crippen LogP contribution in [0.25, 0.3) is 0 Å². The van der Waals surface area contributed by atoms with Crippen molar-refractivity contribution < 1.29 is 14.3 Å². The van der Waals surface area contributed by atoms with Gasteiger partial charge < -0.3 is 9.47 Å². The molecule has 0 saturated carbocycles. The molecule has 0 atom stereocenters. The SMILES string of the molecule is Cc1cccc(C(C)(C)C)c1OCCOc1ccc(C=O)cc1. The van der Waals surface area contributed by atoms with E-state index in [4.69, 9.17) is 9.47 Å². The van der Waals surface area contributed by atoms with Crippen molar-refractivity contribution in [3.63, 3.8) is 0 Å². The summed E-state index contributed by atoms with van der Waals surface area (Å²) in [6.07, 6.45) is 0.819. The zero-order valence-corrected chi connectivity index (χ0v) is 14.3. The maximum absolute atomic E-state index is 10.6. The van der Waals surface area contributed by atoms with Gasteiger partial charge in [-0.2, -0.15) is 0 Å². The highest BCUT2D eigenvalue weighted by molar-refractivity contribution is 5.74. The third-order valence-electron chi connectivity index (χ3n) is 3.63. The zero-order valence-electron chi connectivity index (χ0n) is 14.3. The molecular formula is C20H24O3. The molecule has 0 unspecified atom stereocenters. The van der Waals surface area contributed by atoms with Crippen LogP contribution in [0.1, 0.15) is 42.3 Å². The minimum Gasteiger partial charge on any atom is -0.490 e. The fourth-order valence-electron chi connectivity index (χ4n) is 2.38. The highest BCUT2D eigenvalue weighted by Gasteiger charge is 2.20. The van der Waals surface area contributed by atoms with Gasteiger partial charge in [0.25, 0.3) is 0 Å². The second kappa shape index (κ2) is 7.32. The molecular weight excluding hydrogens is 288 g/mol. The van der Waals surface area contributed by atoms with E-state index in [2.05, 4.69) is 45.9 Å². The van der Waals surface area contributed by atoms with Crippen LogP contribution in [0.5, 0.6) is 11.5 Å². The van der Waals surface area contributed by atoms with E-state index in [1.165, 1.54) is 5.56 Å². The van der Waals surface area contributed by atoms with Crippen molar-refractivity contribution in [2.45, 2.75) is 33.1 Å². The third-order valence-corrected chi connectivity index (χ3v) is 3.63. The largest absolute Gasteiger partial charge is 0.490 e. The lowest BCUT2D eigenvalue weighted by atomic mass is 9.85. The summed E-state index contributed by atoms with van der Waals surface area (Å²) in [5.41, 5.74) is 3.01. The summed E-state index contributed by atoms with van der Waals surface area (Å²) >= 11 is 0. The summed E-state index contributed by atoms with van der Waals surface area (Å²) in [4.78, 5) is 10.6. The van der Waals surface area contributed by atoms with Gasteiger partial charge >= 0.3 is 0 Å². The highest BCUT2D eigenvalue weighted by Crippen LogP contribution is 2.33. The van der Waals surface area contributed by atoms with Gasteiger partial charge in [-0.05, 0) is 47.7 Å². The third kappa shape index (κ3) is 4.59. The van der Waals surface area contributed by atoms with Gasteiger partial charge in [-0.25, -0.2) is 0 Å². The maximum Gasteiger partial charge on any atom is 0.150 e. The van der Waals surface area contributed by atoms with Crippen LogP contribution >= 0.6 is 0 Å². The van der Waals surface area contributed by atoms with Crippen LogP contribution in [0, 0.1) is 6.92 Å². The number of carbonyl (C=O) groups excluding carboxylic acids is 1. The van der Waals surface area contributed by atoms with Crippen LogP contribution in [-0.4, -0.2) is 19.5 Å². The molecule has 0 radical (unpaired) electrons. The van der Waals surface area contributed by atoms with E-state index >= 15 is 0 Å². The summed E-state index contributed by atoms with van der Waals surface area (Å²) in [7, 11) is 0. The molecule has 3 nitrogen and oxygen atoms in total. The van der Waals surface area contributed by atoms with Gasteiger partial charge in [0.15, 0.2) is 0 Å². The number of rotatable bonds is 6. The van der Waals surface area contributed by atoms with E-state index in [0.29, 0.717) is 18.8 Å². The molecule has 2 aromatic carbocycles. The van der Waals surface area contributed by atoms with Crippen molar-refractivity contribution in [3.05, 3.63) is 59.2 Å². The molecule has 0 aromatic heterocycles. The van der Waals surface area contributed by atoms with Crippen molar-refractivity contribution >= 4 is 6.29 Å². The number of hydrogen-bond donors (Lipinski definition) is 0. The molecule has 0 amide bonds. The molecule has 0 spiro atoms. The minimum absolute atomic E-state index is 0.0346. The molecule has 0 N–H and O–H groups in total. The Labute approximate surface area is 138 Å². The lowest BCUT2D eigenvalue weighted by Gasteiger charge is -2.24. The van der Waals surface area contributed by atoms with Crippen LogP contribution in [0.4, 0.5) is 0 Å². The molecule has 2 aromatic rings. The molecule has 3 heteroatoms. The number of ether oxygens (including phenoxy) is 2. The molecule has 0 saturated heterocycles. The predicted octanol–water partition coefficient (Wildman–Crippen LogP) is 4.56. The number of para-hydroxylation sites is 1. The van der Waals surface area contributed by atoms with Crippen LogP contribution < -0.4 is 9.47 Å². The lowest BCUT2D eigenvalue weighted by Crippen LogP contribution is -2.16. The average Bonchev–Trinajstić information content (AvgIpc) is 2.52. The summed E-state index contributed by atoms with van der Waals surface area (Å²) in [6.45, 7) is 9.53. The van der Waals surface area contributed by atoms with E-state index in [0.717, 1.165) is 23.3 Å². The van der Waals surface area contributed by atoms with E-state index in [9.17, 15) is 4.79 Å². The van der Waals surface area contributed by atoms with Crippen LogP contribution in [0.3, 0.4) is 0 Å². The fourth-order valence-corrected chi connectivity index (χ4v) is 2.38. The molecule has 0 bridgehead atoms. The zero-order chi connectivity index (χ0) is 16.9. The van der Waals surface area contributed by atoms with Crippen LogP contribution in [-0.2, 0) is 5.41 Å². The Kier molecular flexibility index (Phi) is 5.43. The quantitative estimate of drug-likeness (QED) is 0.579. The van der Waals surface area contributed by atoms with Gasteiger partial charge in [-0.1, -0.05) is 39.0 Å². The Balaban J connectivity index is 1.95. The van der Waals surface area contributed by atoms with Gasteiger partial charge in [0, 0.05) is 5.56 Å². The van der Waals surface area contributed by atoms with E-state index in [-0.39, 0.29) is 5.41 Å². The number of carbonyl (C=O) groups is 1. The Morgan fingerprint density at radius 2 is 1.61 bits per heavy atom. The molecule has 0 aliphatic heterocycles. The Bertz CT molecular complexity index is 652. The Morgan fingerprint density at radius 3 is 2.22 bits per heavy atom. The first kappa shape index (κ1) is 17.1. The van der Waals surface area contributed by atoms with Gasteiger partial charge in [-0.3, -0.25) is 4.79 Å². The van der Waals surface area contributed by atoms with Crippen molar-refractivity contribution in [1.29, 1.82) is 0 Å². The van der Waals surface area contributed by atoms with E-state index < -0.39 is 0 Å². The van der Waals surface area contributed by atoms with Gasteiger partial charge in [0.05, 0.1) is 0 Å². The molecule has 0 aliphatic rings. The first-order valence-corrected chi connectivity index (χ1v) is 7.83. The second-order valence-electron chi connectivity index (χ2n) is 6.59. The first-order valence-electron chi connectivity index (χ1n) is 7.83. The standard InChI is InChI=1S/C20H24O3/c1-15-6-5-7-18(20(2,3)4)19(15)23-13-12-22-17-10-8-16(14-21)9-11-17/h5-11,14H,12-13H2,1-4H3. The first-order chi connectivity index (χ1) is 10.9. The summed E-state index contributed by atoms with van der Waals surface area (Å²) in [5, 5.41) is 0. The fraction of sp³-hybridized carbons (Fsp3) is 0.350. The predicted molar refractivity (Wildman–Crippen MR) is 92.7 cm³/mol. The summed E-state index contributed by atoms with van der Waals surface area (Å²) in [6, 6.07) is 13.3. The molecule has 0 heterocycles. The van der Waals surface area contributed by atoms with Gasteiger partial charge in [0.1, 0.15) is 31.0 Å². The number of aldehydes is 1. The highest BCUT2D eigenvalue weighted by atomic mass is 16.5. The monoisotopic (exact) mass is 312 g/mol. The van der Waals surface area contributed by atoms with Crippen LogP contribution in [0.2, 0.25) is 0 Å².